The molecular formula is C14H20N4O3. The summed E-state index contributed by atoms with van der Waals surface area (Å²) in [6, 6.07) is 0.336. The molecule has 1 aliphatic heterocycles. The van der Waals surface area contributed by atoms with Crippen LogP contribution in [0.1, 0.15) is 38.5 Å². The van der Waals surface area contributed by atoms with Gasteiger partial charge in [-0.3, -0.25) is 4.79 Å². The lowest BCUT2D eigenvalue weighted by molar-refractivity contribution is -0.396. The second-order valence-electron chi connectivity index (χ2n) is 5.95. The summed E-state index contributed by atoms with van der Waals surface area (Å²) < 4.78 is 1.33. The molecule has 3 rings (SSSR count). The molecule has 1 aromatic rings. The molecule has 0 aromatic carbocycles. The van der Waals surface area contributed by atoms with Crippen molar-refractivity contribution in [1.82, 2.24) is 14.5 Å². The van der Waals surface area contributed by atoms with E-state index in [0.717, 1.165) is 19.4 Å². The first kappa shape index (κ1) is 14.0. The zero-order chi connectivity index (χ0) is 14.8. The Morgan fingerprint density at radius 3 is 2.90 bits per heavy atom. The van der Waals surface area contributed by atoms with E-state index in [1.165, 1.54) is 42.6 Å². The maximum absolute atomic E-state index is 12.5. The number of fused-ring (bicyclic) bond motifs is 1. The van der Waals surface area contributed by atoms with E-state index < -0.39 is 4.92 Å². The normalized spacial score (nSPS) is 25.4. The van der Waals surface area contributed by atoms with E-state index >= 15 is 0 Å². The maximum Gasteiger partial charge on any atom is 0.435 e. The number of carbonyl (C=O) groups is 1. The van der Waals surface area contributed by atoms with E-state index in [4.69, 9.17) is 0 Å². The van der Waals surface area contributed by atoms with Gasteiger partial charge in [-0.1, -0.05) is 17.8 Å². The third-order valence-corrected chi connectivity index (χ3v) is 4.73. The Hall–Kier alpha value is -1.92. The molecule has 2 fully saturated rings. The van der Waals surface area contributed by atoms with Gasteiger partial charge in [0, 0.05) is 12.6 Å². The first-order valence-electron chi connectivity index (χ1n) is 7.62. The largest absolute Gasteiger partial charge is 0.435 e. The fourth-order valence-corrected chi connectivity index (χ4v) is 3.77. The third-order valence-electron chi connectivity index (χ3n) is 4.73. The minimum absolute atomic E-state index is 0.0134. The fraction of sp³-hybridized carbons (Fsp3) is 0.714. The van der Waals surface area contributed by atoms with Crippen LogP contribution in [0.25, 0.3) is 0 Å². The Labute approximate surface area is 123 Å². The Bertz CT molecular complexity index is 540. The number of nitro groups is 1. The molecule has 7 nitrogen and oxygen atoms in total. The summed E-state index contributed by atoms with van der Waals surface area (Å²) in [6.07, 6.45) is 9.83. The Morgan fingerprint density at radius 2 is 2.10 bits per heavy atom. The minimum Gasteiger partial charge on any atom is -0.390 e. The number of likely N-dealkylation sites (tertiary alicyclic amines) is 1. The van der Waals surface area contributed by atoms with Gasteiger partial charge in [0.05, 0.1) is 0 Å². The van der Waals surface area contributed by atoms with Crippen molar-refractivity contribution in [3.63, 3.8) is 0 Å². The van der Waals surface area contributed by atoms with Gasteiger partial charge in [-0.15, -0.1) is 0 Å². The number of carbonyl (C=O) groups excluding carboxylic acids is 1. The highest BCUT2D eigenvalue weighted by molar-refractivity contribution is 5.76. The maximum atomic E-state index is 12.5. The van der Waals surface area contributed by atoms with Gasteiger partial charge in [0.15, 0.2) is 6.54 Å². The number of nitrogens with zero attached hydrogens (tertiary/aromatic N) is 4. The molecule has 1 aliphatic carbocycles. The molecule has 0 spiro atoms. The van der Waals surface area contributed by atoms with E-state index in [1.807, 2.05) is 4.90 Å². The van der Waals surface area contributed by atoms with Gasteiger partial charge in [-0.05, 0) is 36.5 Å². The van der Waals surface area contributed by atoms with Crippen molar-refractivity contribution in [2.75, 3.05) is 6.54 Å². The molecule has 0 bridgehead atoms. The lowest BCUT2D eigenvalue weighted by atomic mass is 9.78. The predicted octanol–water partition coefficient (Wildman–Crippen LogP) is 1.97. The van der Waals surface area contributed by atoms with E-state index in [1.54, 1.807) is 0 Å². The third kappa shape index (κ3) is 2.77. The van der Waals surface area contributed by atoms with Gasteiger partial charge >= 0.3 is 5.95 Å². The molecule has 114 valence electrons. The smallest absolute Gasteiger partial charge is 0.390 e. The van der Waals surface area contributed by atoms with E-state index in [9.17, 15) is 14.9 Å². The number of amides is 1. The zero-order valence-corrected chi connectivity index (χ0v) is 12.0. The molecule has 0 radical (unpaired) electrons. The summed E-state index contributed by atoms with van der Waals surface area (Å²) in [6.45, 7) is 0.794. The second kappa shape index (κ2) is 5.83. The number of piperidine rings is 1. The van der Waals surface area contributed by atoms with Crippen LogP contribution in [0, 0.1) is 16.0 Å². The minimum atomic E-state index is -0.549. The van der Waals surface area contributed by atoms with E-state index in [0.29, 0.717) is 12.0 Å². The number of hydrogen-bond donors (Lipinski definition) is 0. The SMILES string of the molecule is O=C(Cn1ccnc1[N+](=O)[O-])N1CCCC2CCCCC21. The Kier molecular flexibility index (Phi) is 3.90. The average molecular weight is 292 g/mol. The number of rotatable bonds is 3. The summed E-state index contributed by atoms with van der Waals surface area (Å²) in [7, 11) is 0. The summed E-state index contributed by atoms with van der Waals surface area (Å²) in [5.41, 5.74) is 0. The molecule has 2 aliphatic rings. The predicted molar refractivity (Wildman–Crippen MR) is 75.6 cm³/mol. The molecule has 2 atom stereocenters. The highest BCUT2D eigenvalue weighted by atomic mass is 16.6. The van der Waals surface area contributed by atoms with Crippen LogP contribution < -0.4 is 0 Å². The lowest BCUT2D eigenvalue weighted by Gasteiger charge is -2.44. The quantitative estimate of drug-likeness (QED) is 0.630. The lowest BCUT2D eigenvalue weighted by Crippen LogP contribution is -2.50. The van der Waals surface area contributed by atoms with Crippen LogP contribution in [0.4, 0.5) is 5.95 Å². The van der Waals surface area contributed by atoms with Gasteiger partial charge < -0.3 is 15.0 Å². The number of hydrogen-bond acceptors (Lipinski definition) is 4. The van der Waals surface area contributed by atoms with Crippen LogP contribution in [-0.4, -0.2) is 37.9 Å². The number of imidazole rings is 1. The van der Waals surface area contributed by atoms with Crippen LogP contribution in [0.15, 0.2) is 12.4 Å². The van der Waals surface area contributed by atoms with Gasteiger partial charge in [-0.2, -0.15) is 0 Å². The molecule has 0 N–H and O–H groups in total. The van der Waals surface area contributed by atoms with E-state index in [2.05, 4.69) is 4.98 Å². The zero-order valence-electron chi connectivity index (χ0n) is 12.0. The van der Waals surface area contributed by atoms with Crippen molar-refractivity contribution in [2.24, 2.45) is 5.92 Å². The van der Waals surface area contributed by atoms with Crippen molar-refractivity contribution < 1.29 is 9.72 Å². The molecule has 1 aromatic heterocycles. The van der Waals surface area contributed by atoms with Gasteiger partial charge in [0.1, 0.15) is 12.4 Å². The average Bonchev–Trinajstić information content (AvgIpc) is 2.95. The van der Waals surface area contributed by atoms with Gasteiger partial charge in [0.25, 0.3) is 5.91 Å². The van der Waals surface area contributed by atoms with Crippen LogP contribution in [-0.2, 0) is 11.3 Å². The summed E-state index contributed by atoms with van der Waals surface area (Å²) >= 11 is 0. The van der Waals surface area contributed by atoms with Gasteiger partial charge in [0.2, 0.25) is 0 Å². The highest BCUT2D eigenvalue weighted by Gasteiger charge is 2.36. The number of aromatic nitrogens is 2. The van der Waals surface area contributed by atoms with Crippen LogP contribution >= 0.6 is 0 Å². The molecule has 7 heteroatoms. The van der Waals surface area contributed by atoms with Crippen molar-refractivity contribution in [2.45, 2.75) is 51.1 Å². The van der Waals surface area contributed by atoms with Crippen molar-refractivity contribution in [3.05, 3.63) is 22.5 Å². The molecule has 2 heterocycles. The second-order valence-corrected chi connectivity index (χ2v) is 5.95. The standard InChI is InChI=1S/C14H20N4O3/c19-13(10-16-9-7-15-14(16)18(20)21)17-8-3-5-11-4-1-2-6-12(11)17/h7,9,11-12H,1-6,8,10H2. The molecule has 21 heavy (non-hydrogen) atoms. The molecule has 2 unspecified atom stereocenters. The first-order chi connectivity index (χ1) is 10.2. The Balaban J connectivity index is 1.72. The summed E-state index contributed by atoms with van der Waals surface area (Å²) in [5, 5.41) is 10.9. The van der Waals surface area contributed by atoms with Crippen LogP contribution in [0.3, 0.4) is 0 Å². The van der Waals surface area contributed by atoms with Crippen molar-refractivity contribution >= 4 is 11.9 Å². The van der Waals surface area contributed by atoms with Crippen LogP contribution in [0.5, 0.6) is 0 Å². The highest BCUT2D eigenvalue weighted by Crippen LogP contribution is 2.35. The first-order valence-corrected chi connectivity index (χ1v) is 7.62. The van der Waals surface area contributed by atoms with Gasteiger partial charge in [-0.25, -0.2) is 4.57 Å². The summed E-state index contributed by atoms with van der Waals surface area (Å²) in [5.74, 6) is 0.336. The molecule has 1 amide bonds. The molecule has 1 saturated carbocycles. The summed E-state index contributed by atoms with van der Waals surface area (Å²) in [4.78, 5) is 28.5. The van der Waals surface area contributed by atoms with Crippen LogP contribution in [0.2, 0.25) is 0 Å². The monoisotopic (exact) mass is 292 g/mol. The Morgan fingerprint density at radius 1 is 1.33 bits per heavy atom. The molecular weight excluding hydrogens is 272 g/mol. The van der Waals surface area contributed by atoms with E-state index in [-0.39, 0.29) is 18.4 Å². The van der Waals surface area contributed by atoms with Crippen molar-refractivity contribution in [1.29, 1.82) is 0 Å². The molecule has 1 saturated heterocycles. The fourth-order valence-electron chi connectivity index (χ4n) is 3.77. The topological polar surface area (TPSA) is 81.3 Å². The van der Waals surface area contributed by atoms with Crippen molar-refractivity contribution in [3.8, 4) is 0 Å².